The molecule has 44 valence electrons. The molecule has 0 amide bonds. The van der Waals surface area contributed by atoms with Gasteiger partial charge in [-0.05, 0) is 0 Å². The van der Waals surface area contributed by atoms with Crippen molar-refractivity contribution in [1.82, 2.24) is 0 Å². The van der Waals surface area contributed by atoms with Gasteiger partial charge in [-0.2, -0.15) is 0 Å². The van der Waals surface area contributed by atoms with Gasteiger partial charge in [-0.1, -0.05) is 0 Å². The molecule has 0 N–H and O–H groups in total. The summed E-state index contributed by atoms with van der Waals surface area (Å²) in [6.45, 7) is 0. The van der Waals surface area contributed by atoms with Gasteiger partial charge in [0.1, 0.15) is 0 Å². The molecule has 0 bridgehead atoms. The van der Waals surface area contributed by atoms with E-state index in [0.717, 1.165) is 0 Å². The van der Waals surface area contributed by atoms with Crippen LogP contribution in [0.25, 0.3) is 0 Å². The summed E-state index contributed by atoms with van der Waals surface area (Å²) in [7, 11) is 0. The third-order valence-electron chi connectivity index (χ3n) is 1.07. The fourth-order valence-corrected chi connectivity index (χ4v) is 5.73. The van der Waals surface area contributed by atoms with Crippen LogP contribution in [0.4, 0.5) is 0 Å². The fourth-order valence-electron chi connectivity index (χ4n) is 0.573. The molecule has 1 aromatic carbocycles. The van der Waals surface area contributed by atoms with Gasteiger partial charge < -0.3 is 0 Å². The predicted octanol–water partition coefficient (Wildman–Crippen LogP) is 2.47. The maximum absolute atomic E-state index is 3.59. The van der Waals surface area contributed by atoms with Crippen molar-refractivity contribution in [1.29, 1.82) is 0 Å². The average molecular weight is 436 g/mol. The third kappa shape index (κ3) is 2.68. The van der Waals surface area contributed by atoms with Crippen molar-refractivity contribution in [2.24, 2.45) is 0 Å². The molecule has 1 aromatic rings. The minimum absolute atomic E-state index is 0.771. The molecular formula is C6H4Br2Hg. The zero-order chi connectivity index (χ0) is 6.69. The zero-order valence-corrected chi connectivity index (χ0v) is 13.4. The molecule has 0 atom stereocenters. The van der Waals surface area contributed by atoms with Crippen LogP contribution in [0.5, 0.6) is 0 Å². The van der Waals surface area contributed by atoms with Crippen LogP contribution in [0.1, 0.15) is 0 Å². The first-order valence-corrected chi connectivity index (χ1v) is 18.1. The van der Waals surface area contributed by atoms with Crippen LogP contribution < -0.4 is 3.07 Å². The Morgan fingerprint density at radius 2 is 1.67 bits per heavy atom. The van der Waals surface area contributed by atoms with Crippen molar-refractivity contribution in [3.05, 3.63) is 28.7 Å². The summed E-state index contributed by atoms with van der Waals surface area (Å²) in [6, 6.07) is 8.55. The van der Waals surface area contributed by atoms with E-state index in [1.54, 1.807) is 0 Å². The molecule has 0 heterocycles. The second-order valence-corrected chi connectivity index (χ2v) is 11.8. The molecule has 0 fully saturated rings. The standard InChI is InChI=1S/C6H4Br.BrH.Hg/c7-6-4-2-1-3-5-6;;/h2-5H;1H;/q;;+1/p-1. The Kier molecular flexibility index (Phi) is 3.73. The molecule has 0 nitrogen and oxygen atoms in total. The van der Waals surface area contributed by atoms with Crippen LogP contribution in [0.2, 0.25) is 0 Å². The SMILES string of the molecule is [Br][Hg][c]1ccc(Br)cc1. The van der Waals surface area contributed by atoms with E-state index >= 15 is 0 Å². The van der Waals surface area contributed by atoms with Crippen molar-refractivity contribution < 1.29 is 22.1 Å². The van der Waals surface area contributed by atoms with Gasteiger partial charge in [0.25, 0.3) is 0 Å². The molecule has 1 rings (SSSR count). The summed E-state index contributed by atoms with van der Waals surface area (Å²) in [6.07, 6.45) is 0. The predicted molar refractivity (Wildman–Crippen MR) is 42.7 cm³/mol. The first kappa shape index (κ1) is 8.21. The van der Waals surface area contributed by atoms with Crippen LogP contribution in [0.15, 0.2) is 28.7 Å². The Hall–Kier alpha value is 1.12. The van der Waals surface area contributed by atoms with Crippen LogP contribution in [-0.2, 0) is 22.1 Å². The second kappa shape index (κ2) is 4.09. The fraction of sp³-hybridized carbons (Fsp3) is 0. The van der Waals surface area contributed by atoms with Gasteiger partial charge in [-0.3, -0.25) is 0 Å². The molecule has 0 aromatic heterocycles. The van der Waals surface area contributed by atoms with Gasteiger partial charge in [0.2, 0.25) is 0 Å². The van der Waals surface area contributed by atoms with Crippen molar-refractivity contribution in [3.63, 3.8) is 0 Å². The Morgan fingerprint density at radius 1 is 1.11 bits per heavy atom. The minimum atomic E-state index is -0.771. The Labute approximate surface area is 80.9 Å². The summed E-state index contributed by atoms with van der Waals surface area (Å²) in [5.74, 6) is 0. The first-order valence-electron chi connectivity index (χ1n) is 2.63. The quantitative estimate of drug-likeness (QED) is 0.594. The van der Waals surface area contributed by atoms with E-state index in [9.17, 15) is 0 Å². The summed E-state index contributed by atoms with van der Waals surface area (Å²) in [5, 5.41) is 0. The summed E-state index contributed by atoms with van der Waals surface area (Å²) >= 11 is 6.20. The Morgan fingerprint density at radius 3 is 2.11 bits per heavy atom. The van der Waals surface area contributed by atoms with Gasteiger partial charge in [-0.15, -0.1) is 0 Å². The first-order chi connectivity index (χ1) is 4.33. The molecule has 0 radical (unpaired) electrons. The van der Waals surface area contributed by atoms with Crippen LogP contribution in [0.3, 0.4) is 0 Å². The van der Waals surface area contributed by atoms with Gasteiger partial charge >= 0.3 is 81.8 Å². The second-order valence-electron chi connectivity index (χ2n) is 1.76. The molecule has 0 saturated heterocycles. The number of halogens is 2. The van der Waals surface area contributed by atoms with E-state index in [4.69, 9.17) is 0 Å². The molecule has 0 aliphatic heterocycles. The zero-order valence-electron chi connectivity index (χ0n) is 4.77. The van der Waals surface area contributed by atoms with Gasteiger partial charge in [0.05, 0.1) is 0 Å². The van der Waals surface area contributed by atoms with E-state index in [0.29, 0.717) is 0 Å². The number of hydrogen-bond donors (Lipinski definition) is 0. The molecule has 0 spiro atoms. The van der Waals surface area contributed by atoms with E-state index < -0.39 is 22.1 Å². The van der Waals surface area contributed by atoms with Crippen LogP contribution in [0, 0.1) is 0 Å². The van der Waals surface area contributed by atoms with Crippen molar-refractivity contribution in [2.75, 3.05) is 0 Å². The summed E-state index contributed by atoms with van der Waals surface area (Å²) < 4.78 is 2.69. The monoisotopic (exact) mass is 436 g/mol. The van der Waals surface area contributed by atoms with Gasteiger partial charge in [0.15, 0.2) is 0 Å². The van der Waals surface area contributed by atoms with E-state index in [1.807, 2.05) is 0 Å². The maximum atomic E-state index is 3.59. The van der Waals surface area contributed by atoms with Crippen LogP contribution >= 0.6 is 27.8 Å². The Balaban J connectivity index is 2.88. The molecule has 9 heavy (non-hydrogen) atoms. The Bertz CT molecular complexity index is 183. The van der Waals surface area contributed by atoms with Crippen molar-refractivity contribution >= 4 is 30.9 Å². The normalized spacial score (nSPS) is 8.67. The molecule has 0 aliphatic carbocycles. The number of benzene rings is 1. The van der Waals surface area contributed by atoms with Crippen molar-refractivity contribution in [2.45, 2.75) is 0 Å². The molecule has 0 saturated carbocycles. The topological polar surface area (TPSA) is 0 Å². The van der Waals surface area contributed by atoms with Crippen LogP contribution in [-0.4, -0.2) is 0 Å². The molecular weight excluding hydrogens is 432 g/mol. The summed E-state index contributed by atoms with van der Waals surface area (Å²) in [4.78, 5) is 0. The summed E-state index contributed by atoms with van der Waals surface area (Å²) in [5.41, 5.74) is 0. The van der Waals surface area contributed by atoms with Crippen molar-refractivity contribution in [3.8, 4) is 0 Å². The molecule has 0 aliphatic rings. The average Bonchev–Trinajstić information content (AvgIpc) is 1.90. The third-order valence-corrected chi connectivity index (χ3v) is 10.3. The number of hydrogen-bond acceptors (Lipinski definition) is 0. The van der Waals surface area contributed by atoms with E-state index in [1.165, 1.54) is 7.54 Å². The van der Waals surface area contributed by atoms with Gasteiger partial charge in [-0.25, -0.2) is 0 Å². The molecule has 3 heteroatoms. The van der Waals surface area contributed by atoms with E-state index in [-0.39, 0.29) is 0 Å². The van der Waals surface area contributed by atoms with E-state index in [2.05, 4.69) is 52.1 Å². The molecule has 0 unspecified atom stereocenters. The van der Waals surface area contributed by atoms with Gasteiger partial charge in [0, 0.05) is 0 Å². The number of rotatable bonds is 1.